The molecule has 0 bridgehead atoms. The van der Waals surface area contributed by atoms with Crippen LogP contribution in [0.5, 0.6) is 0 Å². The zero-order chi connectivity index (χ0) is 14.2. The van der Waals surface area contributed by atoms with Gasteiger partial charge in [-0.3, -0.25) is 0 Å². The molecule has 2 rings (SSSR count). The van der Waals surface area contributed by atoms with Gasteiger partial charge in [-0.2, -0.15) is 13.2 Å². The van der Waals surface area contributed by atoms with Crippen LogP contribution < -0.4 is 5.73 Å². The van der Waals surface area contributed by atoms with Gasteiger partial charge in [0.2, 0.25) is 0 Å². The summed E-state index contributed by atoms with van der Waals surface area (Å²) in [5.74, 6) is 0. The maximum absolute atomic E-state index is 12.7. The van der Waals surface area contributed by atoms with E-state index in [0.29, 0.717) is 5.69 Å². The van der Waals surface area contributed by atoms with Gasteiger partial charge < -0.3 is 10.3 Å². The van der Waals surface area contributed by atoms with E-state index < -0.39 is 11.7 Å². The molecule has 102 valence electrons. The standard InChI is InChI=1S/C12H11ClF3N3/c1-7(17)11-5-18-6-19(11)10-3-8(12(14,15)16)2-9(13)4-10/h2-7H,17H2,1H3/t7-/m1/s1. The molecule has 0 amide bonds. The van der Waals surface area contributed by atoms with Gasteiger partial charge in [0, 0.05) is 16.8 Å². The van der Waals surface area contributed by atoms with Crippen molar-refractivity contribution in [3.8, 4) is 5.69 Å². The predicted octanol–water partition coefficient (Wildman–Crippen LogP) is 3.56. The van der Waals surface area contributed by atoms with Crippen LogP contribution in [0.15, 0.2) is 30.7 Å². The summed E-state index contributed by atoms with van der Waals surface area (Å²) >= 11 is 5.74. The second-order valence-electron chi connectivity index (χ2n) is 4.17. The van der Waals surface area contributed by atoms with Crippen molar-refractivity contribution in [3.05, 3.63) is 47.0 Å². The van der Waals surface area contributed by atoms with Crippen LogP contribution in [0.4, 0.5) is 13.2 Å². The average Bonchev–Trinajstić information content (AvgIpc) is 2.75. The van der Waals surface area contributed by atoms with Crippen molar-refractivity contribution in [1.82, 2.24) is 9.55 Å². The molecule has 0 aliphatic heterocycles. The van der Waals surface area contributed by atoms with Crippen LogP contribution in [-0.4, -0.2) is 9.55 Å². The number of alkyl halides is 3. The molecular formula is C12H11ClF3N3. The number of aromatic nitrogens is 2. The summed E-state index contributed by atoms with van der Waals surface area (Å²) in [5.41, 5.74) is 5.82. The minimum absolute atomic E-state index is 0.00847. The monoisotopic (exact) mass is 289 g/mol. The molecule has 0 spiro atoms. The quantitative estimate of drug-likeness (QED) is 0.918. The zero-order valence-corrected chi connectivity index (χ0v) is 10.7. The van der Waals surface area contributed by atoms with E-state index in [9.17, 15) is 13.2 Å². The summed E-state index contributed by atoms with van der Waals surface area (Å²) in [6, 6.07) is 2.98. The SMILES string of the molecule is C[C@@H](N)c1cncn1-c1cc(Cl)cc(C(F)(F)F)c1. The van der Waals surface area contributed by atoms with E-state index in [1.807, 2.05) is 0 Å². The molecule has 1 heterocycles. The molecule has 2 aromatic rings. The molecular weight excluding hydrogens is 279 g/mol. The maximum atomic E-state index is 12.7. The molecule has 1 aromatic carbocycles. The fourth-order valence-electron chi connectivity index (χ4n) is 1.73. The first kappa shape index (κ1) is 13.9. The largest absolute Gasteiger partial charge is 0.416 e. The molecule has 7 heteroatoms. The second kappa shape index (κ2) is 4.86. The maximum Gasteiger partial charge on any atom is 0.416 e. The summed E-state index contributed by atoms with van der Waals surface area (Å²) in [7, 11) is 0. The third-order valence-electron chi connectivity index (χ3n) is 2.62. The van der Waals surface area contributed by atoms with Crippen molar-refractivity contribution >= 4 is 11.6 Å². The number of nitrogens with two attached hydrogens (primary N) is 1. The molecule has 0 saturated heterocycles. The van der Waals surface area contributed by atoms with Gasteiger partial charge in [0.15, 0.2) is 0 Å². The van der Waals surface area contributed by atoms with Crippen LogP contribution in [0.2, 0.25) is 5.02 Å². The summed E-state index contributed by atoms with van der Waals surface area (Å²) in [6.45, 7) is 1.72. The minimum atomic E-state index is -4.45. The van der Waals surface area contributed by atoms with Crippen molar-refractivity contribution < 1.29 is 13.2 Å². The number of rotatable bonds is 2. The van der Waals surface area contributed by atoms with Crippen LogP contribution in [-0.2, 0) is 6.18 Å². The zero-order valence-electron chi connectivity index (χ0n) is 9.95. The Kier molecular flexibility index (Phi) is 3.56. The Bertz CT molecular complexity index is 590. The minimum Gasteiger partial charge on any atom is -0.323 e. The highest BCUT2D eigenvalue weighted by Crippen LogP contribution is 2.33. The number of nitrogens with zero attached hydrogens (tertiary/aromatic N) is 2. The Labute approximate surface area is 112 Å². The normalized spacial score (nSPS) is 13.6. The lowest BCUT2D eigenvalue weighted by atomic mass is 10.1. The first-order valence-electron chi connectivity index (χ1n) is 5.45. The van der Waals surface area contributed by atoms with E-state index in [0.717, 1.165) is 12.1 Å². The summed E-state index contributed by atoms with van der Waals surface area (Å²) in [5, 5.41) is 0.00847. The van der Waals surface area contributed by atoms with E-state index in [-0.39, 0.29) is 16.8 Å². The molecule has 0 fully saturated rings. The second-order valence-corrected chi connectivity index (χ2v) is 4.61. The first-order valence-corrected chi connectivity index (χ1v) is 5.83. The van der Waals surface area contributed by atoms with Crippen molar-refractivity contribution in [3.63, 3.8) is 0 Å². The number of hydrogen-bond donors (Lipinski definition) is 1. The van der Waals surface area contributed by atoms with E-state index >= 15 is 0 Å². The number of hydrogen-bond acceptors (Lipinski definition) is 2. The summed E-state index contributed by atoms with van der Waals surface area (Å²) in [4.78, 5) is 3.90. The van der Waals surface area contributed by atoms with Crippen molar-refractivity contribution in [2.75, 3.05) is 0 Å². The fraction of sp³-hybridized carbons (Fsp3) is 0.250. The Balaban J connectivity index is 2.57. The van der Waals surface area contributed by atoms with E-state index in [1.165, 1.54) is 23.2 Å². The Morgan fingerprint density at radius 1 is 1.32 bits per heavy atom. The van der Waals surface area contributed by atoms with Crippen LogP contribution >= 0.6 is 11.6 Å². The highest BCUT2D eigenvalue weighted by atomic mass is 35.5. The highest BCUT2D eigenvalue weighted by molar-refractivity contribution is 6.30. The molecule has 0 saturated carbocycles. The smallest absolute Gasteiger partial charge is 0.323 e. The molecule has 1 aromatic heterocycles. The molecule has 0 aliphatic rings. The van der Waals surface area contributed by atoms with Gasteiger partial charge in [-0.05, 0) is 25.1 Å². The van der Waals surface area contributed by atoms with Crippen LogP contribution in [0.1, 0.15) is 24.2 Å². The lowest BCUT2D eigenvalue weighted by Crippen LogP contribution is -2.12. The third-order valence-corrected chi connectivity index (χ3v) is 2.84. The Hall–Kier alpha value is -1.53. The number of halogens is 4. The average molecular weight is 290 g/mol. The lowest BCUT2D eigenvalue weighted by Gasteiger charge is -2.14. The highest BCUT2D eigenvalue weighted by Gasteiger charge is 2.31. The Morgan fingerprint density at radius 3 is 2.58 bits per heavy atom. The molecule has 19 heavy (non-hydrogen) atoms. The third kappa shape index (κ3) is 2.90. The van der Waals surface area contributed by atoms with E-state index in [1.54, 1.807) is 6.92 Å². The summed E-state index contributed by atoms with van der Waals surface area (Å²) < 4.78 is 39.7. The molecule has 0 radical (unpaired) electrons. The van der Waals surface area contributed by atoms with Gasteiger partial charge in [-0.25, -0.2) is 4.98 Å². The van der Waals surface area contributed by atoms with Gasteiger partial charge in [-0.1, -0.05) is 11.6 Å². The molecule has 2 N–H and O–H groups in total. The van der Waals surface area contributed by atoms with Crippen molar-refractivity contribution in [1.29, 1.82) is 0 Å². The van der Waals surface area contributed by atoms with Gasteiger partial charge in [0.05, 0.1) is 23.8 Å². The van der Waals surface area contributed by atoms with Gasteiger partial charge in [-0.15, -0.1) is 0 Å². The fourth-order valence-corrected chi connectivity index (χ4v) is 1.96. The van der Waals surface area contributed by atoms with E-state index in [4.69, 9.17) is 17.3 Å². The topological polar surface area (TPSA) is 43.8 Å². The first-order chi connectivity index (χ1) is 8.79. The van der Waals surface area contributed by atoms with Crippen LogP contribution in [0, 0.1) is 0 Å². The number of benzene rings is 1. The lowest BCUT2D eigenvalue weighted by molar-refractivity contribution is -0.137. The van der Waals surface area contributed by atoms with Gasteiger partial charge in [0.1, 0.15) is 0 Å². The molecule has 0 aliphatic carbocycles. The molecule has 0 unspecified atom stereocenters. The molecule has 1 atom stereocenters. The Morgan fingerprint density at radius 2 is 2.00 bits per heavy atom. The van der Waals surface area contributed by atoms with Crippen LogP contribution in [0.25, 0.3) is 5.69 Å². The predicted molar refractivity (Wildman–Crippen MR) is 66.2 cm³/mol. The van der Waals surface area contributed by atoms with Crippen molar-refractivity contribution in [2.24, 2.45) is 5.73 Å². The van der Waals surface area contributed by atoms with E-state index in [2.05, 4.69) is 4.98 Å². The van der Waals surface area contributed by atoms with Crippen molar-refractivity contribution in [2.45, 2.75) is 19.1 Å². The molecule has 3 nitrogen and oxygen atoms in total. The summed E-state index contributed by atoms with van der Waals surface area (Å²) in [6.07, 6.45) is -1.53. The van der Waals surface area contributed by atoms with Gasteiger partial charge in [0.25, 0.3) is 0 Å². The number of imidazole rings is 1. The van der Waals surface area contributed by atoms with Gasteiger partial charge >= 0.3 is 6.18 Å². The van der Waals surface area contributed by atoms with Crippen LogP contribution in [0.3, 0.4) is 0 Å².